The first-order valence-corrected chi connectivity index (χ1v) is 9.78. The van der Waals surface area contributed by atoms with Crippen molar-refractivity contribution in [1.29, 1.82) is 0 Å². The zero-order valence-corrected chi connectivity index (χ0v) is 17.2. The predicted molar refractivity (Wildman–Crippen MR) is 113 cm³/mol. The maximum absolute atomic E-state index is 13.5. The van der Waals surface area contributed by atoms with Gasteiger partial charge in [0.1, 0.15) is 22.9 Å². The van der Waals surface area contributed by atoms with Crippen molar-refractivity contribution in [2.45, 2.75) is 6.17 Å². The van der Waals surface area contributed by atoms with Crippen molar-refractivity contribution in [2.24, 2.45) is 0 Å². The Morgan fingerprint density at radius 3 is 2.62 bits per heavy atom. The highest BCUT2D eigenvalue weighted by atomic mass is 79.9. The van der Waals surface area contributed by atoms with Crippen molar-refractivity contribution in [3.63, 3.8) is 0 Å². The quantitative estimate of drug-likeness (QED) is 0.352. The highest BCUT2D eigenvalue weighted by Crippen LogP contribution is 2.27. The highest BCUT2D eigenvalue weighted by molar-refractivity contribution is 9.10. The number of nitrogens with one attached hydrogen (secondary N) is 2. The number of anilines is 1. The van der Waals surface area contributed by atoms with Gasteiger partial charge in [0.2, 0.25) is 0 Å². The minimum atomic E-state index is -0.718. The number of nitrogens with zero attached hydrogens (tertiary/aromatic N) is 1. The fourth-order valence-corrected chi connectivity index (χ4v) is 3.13. The van der Waals surface area contributed by atoms with Crippen molar-refractivity contribution in [2.75, 3.05) is 5.32 Å². The van der Waals surface area contributed by atoms with Gasteiger partial charge in [-0.05, 0) is 70.5 Å². The van der Waals surface area contributed by atoms with Crippen LogP contribution in [0.1, 0.15) is 22.4 Å². The van der Waals surface area contributed by atoms with E-state index in [4.69, 9.17) is 16.0 Å². The molecule has 1 atom stereocenters. The monoisotopic (exact) mass is 473 g/mol. The van der Waals surface area contributed by atoms with E-state index in [9.17, 15) is 9.18 Å². The lowest BCUT2D eigenvalue weighted by Gasteiger charge is -2.19. The average Bonchev–Trinajstić information content (AvgIpc) is 3.12. The number of aromatic nitrogens is 1. The molecule has 1 amide bonds. The van der Waals surface area contributed by atoms with E-state index in [0.29, 0.717) is 16.4 Å². The average molecular weight is 475 g/mol. The molecule has 0 saturated carbocycles. The maximum Gasteiger partial charge on any atom is 0.271 e. The van der Waals surface area contributed by atoms with Crippen LogP contribution in [-0.4, -0.2) is 10.9 Å². The molecule has 0 aliphatic heterocycles. The lowest BCUT2D eigenvalue weighted by Crippen LogP contribution is -2.33. The number of furan rings is 1. The van der Waals surface area contributed by atoms with E-state index >= 15 is 0 Å². The van der Waals surface area contributed by atoms with Gasteiger partial charge in [-0.2, -0.15) is 0 Å². The number of hydrogen-bond acceptors (Lipinski definition) is 4. The van der Waals surface area contributed by atoms with Crippen molar-refractivity contribution in [1.82, 2.24) is 10.3 Å². The van der Waals surface area contributed by atoms with Crippen molar-refractivity contribution < 1.29 is 13.6 Å². The lowest BCUT2D eigenvalue weighted by molar-refractivity contribution is 0.0932. The van der Waals surface area contributed by atoms with Gasteiger partial charge in [0, 0.05) is 32.8 Å². The Bertz CT molecular complexity index is 1160. The van der Waals surface area contributed by atoms with Crippen LogP contribution in [0.2, 0.25) is 5.02 Å². The standard InChI is InChI=1S/C21H14BrClFN3O2/c22-13-2-8-17(25-11-13)21(28)27-20(26-16-6-3-14(23)4-7-16)19-9-12-1-5-15(24)10-18(12)29-19/h1-11,20,26H,(H,27,28). The summed E-state index contributed by atoms with van der Waals surface area (Å²) < 4.78 is 20.1. The van der Waals surface area contributed by atoms with Crippen molar-refractivity contribution >= 4 is 50.1 Å². The van der Waals surface area contributed by atoms with E-state index in [1.165, 1.54) is 12.1 Å². The highest BCUT2D eigenvalue weighted by Gasteiger charge is 2.21. The molecule has 4 rings (SSSR count). The molecule has 4 aromatic rings. The van der Waals surface area contributed by atoms with Crippen LogP contribution in [0, 0.1) is 5.82 Å². The second kappa shape index (κ2) is 8.23. The SMILES string of the molecule is O=C(NC(Nc1ccc(Cl)cc1)c1cc2ccc(F)cc2o1)c1ccc(Br)cn1. The fraction of sp³-hybridized carbons (Fsp3) is 0.0476. The van der Waals surface area contributed by atoms with Crippen LogP contribution in [-0.2, 0) is 0 Å². The van der Waals surface area contributed by atoms with Crippen LogP contribution in [0.5, 0.6) is 0 Å². The van der Waals surface area contributed by atoms with Crippen LogP contribution in [0.4, 0.5) is 10.1 Å². The zero-order valence-electron chi connectivity index (χ0n) is 14.8. The van der Waals surface area contributed by atoms with E-state index in [2.05, 4.69) is 31.5 Å². The summed E-state index contributed by atoms with van der Waals surface area (Å²) in [5, 5.41) is 7.37. The van der Waals surface area contributed by atoms with Crippen LogP contribution in [0.3, 0.4) is 0 Å². The number of pyridine rings is 1. The summed E-state index contributed by atoms with van der Waals surface area (Å²) in [5.74, 6) is -0.370. The normalized spacial score (nSPS) is 12.0. The number of carbonyl (C=O) groups excluding carboxylic acids is 1. The second-order valence-electron chi connectivity index (χ2n) is 6.25. The van der Waals surface area contributed by atoms with E-state index in [-0.39, 0.29) is 5.69 Å². The van der Waals surface area contributed by atoms with Gasteiger partial charge in [-0.3, -0.25) is 4.79 Å². The van der Waals surface area contributed by atoms with E-state index in [1.54, 1.807) is 54.7 Å². The molecule has 8 heteroatoms. The summed E-state index contributed by atoms with van der Waals surface area (Å²) in [4.78, 5) is 16.8. The molecule has 0 bridgehead atoms. The Kier molecular flexibility index (Phi) is 5.51. The molecule has 2 heterocycles. The Balaban J connectivity index is 1.66. The summed E-state index contributed by atoms with van der Waals surface area (Å²) in [7, 11) is 0. The number of benzene rings is 2. The second-order valence-corrected chi connectivity index (χ2v) is 7.60. The number of amides is 1. The molecule has 0 aliphatic carbocycles. The van der Waals surface area contributed by atoms with Gasteiger partial charge < -0.3 is 15.1 Å². The lowest BCUT2D eigenvalue weighted by atomic mass is 10.2. The third-order valence-electron chi connectivity index (χ3n) is 4.18. The molecule has 5 nitrogen and oxygen atoms in total. The third-order valence-corrected chi connectivity index (χ3v) is 4.90. The smallest absolute Gasteiger partial charge is 0.271 e. The molecule has 0 radical (unpaired) electrons. The van der Waals surface area contributed by atoms with Crippen LogP contribution >= 0.6 is 27.5 Å². The predicted octanol–water partition coefficient (Wildman–Crippen LogP) is 5.92. The summed E-state index contributed by atoms with van der Waals surface area (Å²) in [6.45, 7) is 0. The molecular formula is C21H14BrClFN3O2. The Labute approximate surface area is 179 Å². The van der Waals surface area contributed by atoms with E-state index < -0.39 is 17.9 Å². The molecule has 0 saturated heterocycles. The first-order chi connectivity index (χ1) is 14.0. The topological polar surface area (TPSA) is 67.2 Å². The van der Waals surface area contributed by atoms with Gasteiger partial charge >= 0.3 is 0 Å². The van der Waals surface area contributed by atoms with Gasteiger partial charge in [-0.25, -0.2) is 9.37 Å². The molecule has 2 aromatic heterocycles. The first-order valence-electron chi connectivity index (χ1n) is 8.61. The minimum absolute atomic E-state index is 0.248. The third kappa shape index (κ3) is 4.58. The Morgan fingerprint density at radius 2 is 1.90 bits per heavy atom. The number of rotatable bonds is 5. The summed E-state index contributed by atoms with van der Waals surface area (Å²) in [6.07, 6.45) is 0.824. The van der Waals surface area contributed by atoms with Gasteiger partial charge in [0.05, 0.1) is 0 Å². The van der Waals surface area contributed by atoms with Gasteiger partial charge in [0.15, 0.2) is 6.17 Å². The largest absolute Gasteiger partial charge is 0.457 e. The molecule has 2 aromatic carbocycles. The molecule has 0 fully saturated rings. The zero-order chi connectivity index (χ0) is 20.4. The summed E-state index contributed by atoms with van der Waals surface area (Å²) in [5.41, 5.74) is 1.35. The molecule has 0 spiro atoms. The van der Waals surface area contributed by atoms with Crippen LogP contribution in [0.15, 0.2) is 75.8 Å². The number of carbonyl (C=O) groups is 1. The number of hydrogen-bond donors (Lipinski definition) is 2. The molecular weight excluding hydrogens is 461 g/mol. The molecule has 0 aliphatic rings. The number of fused-ring (bicyclic) bond motifs is 1. The van der Waals surface area contributed by atoms with Crippen LogP contribution < -0.4 is 10.6 Å². The van der Waals surface area contributed by atoms with Crippen molar-refractivity contribution in [3.05, 3.63) is 93.6 Å². The minimum Gasteiger partial charge on any atom is -0.457 e. The van der Waals surface area contributed by atoms with Gasteiger partial charge in [-0.15, -0.1) is 0 Å². The Hall–Kier alpha value is -2.90. The molecule has 146 valence electrons. The fourth-order valence-electron chi connectivity index (χ4n) is 2.77. The van der Waals surface area contributed by atoms with Gasteiger partial charge in [-0.1, -0.05) is 11.6 Å². The molecule has 2 N–H and O–H groups in total. The van der Waals surface area contributed by atoms with Crippen LogP contribution in [0.25, 0.3) is 11.0 Å². The molecule has 29 heavy (non-hydrogen) atoms. The van der Waals surface area contributed by atoms with Crippen molar-refractivity contribution in [3.8, 4) is 0 Å². The van der Waals surface area contributed by atoms with E-state index in [0.717, 1.165) is 15.5 Å². The van der Waals surface area contributed by atoms with Gasteiger partial charge in [0.25, 0.3) is 5.91 Å². The summed E-state index contributed by atoms with van der Waals surface area (Å²) in [6, 6.07) is 16.4. The van der Waals surface area contributed by atoms with E-state index in [1.807, 2.05) is 0 Å². The first kappa shape index (κ1) is 19.4. The maximum atomic E-state index is 13.5. The summed E-state index contributed by atoms with van der Waals surface area (Å²) >= 11 is 9.24. The number of halogens is 3. The Morgan fingerprint density at radius 1 is 1.10 bits per heavy atom. The molecule has 1 unspecified atom stereocenters.